The molecule has 0 radical (unpaired) electrons. The van der Waals surface area contributed by atoms with Crippen molar-refractivity contribution in [2.75, 3.05) is 19.8 Å². The number of nitrogens with one attached hydrogen (secondary N) is 1. The van der Waals surface area contributed by atoms with Crippen LogP contribution >= 0.6 is 0 Å². The molecule has 2 aliphatic heterocycles. The van der Waals surface area contributed by atoms with Crippen molar-refractivity contribution in [1.82, 2.24) is 14.9 Å². The topological polar surface area (TPSA) is 50.4 Å². The average molecular weight is 365 g/mol. The zero-order valence-corrected chi connectivity index (χ0v) is 14.8. The van der Waals surface area contributed by atoms with Crippen LogP contribution < -0.4 is 9.47 Å². The molecule has 0 unspecified atom stereocenters. The molecule has 0 bridgehead atoms. The first-order valence-electron chi connectivity index (χ1n) is 9.18. The quantitative estimate of drug-likeness (QED) is 0.772. The molecule has 0 saturated heterocycles. The number of hydrogen-bond acceptors (Lipinski definition) is 4. The van der Waals surface area contributed by atoms with Gasteiger partial charge in [0.25, 0.3) is 0 Å². The van der Waals surface area contributed by atoms with Crippen LogP contribution in [0.5, 0.6) is 11.5 Å². The summed E-state index contributed by atoms with van der Waals surface area (Å²) in [4.78, 5) is 10.1. The van der Waals surface area contributed by atoms with E-state index in [2.05, 4.69) is 20.9 Å². The van der Waals surface area contributed by atoms with Crippen molar-refractivity contribution in [1.29, 1.82) is 0 Å². The lowest BCUT2D eigenvalue weighted by Gasteiger charge is -2.35. The van der Waals surface area contributed by atoms with E-state index in [1.54, 1.807) is 18.5 Å². The Hall–Kier alpha value is -2.86. The van der Waals surface area contributed by atoms with Crippen LogP contribution in [-0.2, 0) is 13.0 Å². The van der Waals surface area contributed by atoms with Crippen molar-refractivity contribution in [3.05, 3.63) is 77.1 Å². The monoisotopic (exact) mass is 365 g/mol. The normalized spacial score (nSPS) is 18.9. The lowest BCUT2D eigenvalue weighted by molar-refractivity contribution is 0.170. The van der Waals surface area contributed by atoms with Crippen LogP contribution in [0.15, 0.2) is 48.8 Å². The van der Waals surface area contributed by atoms with Crippen LogP contribution in [0.2, 0.25) is 0 Å². The molecule has 1 aromatic heterocycles. The fraction of sp³-hybridized carbons (Fsp3) is 0.286. The minimum Gasteiger partial charge on any atom is -0.486 e. The van der Waals surface area contributed by atoms with Crippen LogP contribution in [-0.4, -0.2) is 34.6 Å². The van der Waals surface area contributed by atoms with Gasteiger partial charge in [0.05, 0.1) is 18.1 Å². The highest BCUT2D eigenvalue weighted by Crippen LogP contribution is 2.36. The Morgan fingerprint density at radius 2 is 2.00 bits per heavy atom. The van der Waals surface area contributed by atoms with Gasteiger partial charge in [0.1, 0.15) is 19.0 Å². The zero-order valence-electron chi connectivity index (χ0n) is 14.8. The molecule has 5 nitrogen and oxygen atoms in total. The third-order valence-corrected chi connectivity index (χ3v) is 5.18. The van der Waals surface area contributed by atoms with Gasteiger partial charge in [0, 0.05) is 25.2 Å². The smallest absolute Gasteiger partial charge is 0.161 e. The second-order valence-electron chi connectivity index (χ2n) is 6.92. The third kappa shape index (κ3) is 3.06. The molecule has 5 rings (SSSR count). The maximum Gasteiger partial charge on any atom is 0.161 e. The third-order valence-electron chi connectivity index (χ3n) is 5.18. The Labute approximate surface area is 156 Å². The number of rotatable bonds is 3. The van der Waals surface area contributed by atoms with Crippen LogP contribution in [0.1, 0.15) is 28.6 Å². The van der Waals surface area contributed by atoms with E-state index in [0.717, 1.165) is 53.5 Å². The summed E-state index contributed by atoms with van der Waals surface area (Å²) < 4.78 is 25.2. The van der Waals surface area contributed by atoms with E-state index in [4.69, 9.17) is 9.47 Å². The van der Waals surface area contributed by atoms with E-state index in [1.165, 1.54) is 6.07 Å². The van der Waals surface area contributed by atoms with E-state index in [-0.39, 0.29) is 11.9 Å². The van der Waals surface area contributed by atoms with Gasteiger partial charge in [-0.05, 0) is 35.4 Å². The van der Waals surface area contributed by atoms with Gasteiger partial charge in [-0.25, -0.2) is 9.37 Å². The summed E-state index contributed by atoms with van der Waals surface area (Å²) in [7, 11) is 0. The molecule has 3 aromatic rings. The number of H-pyrrole nitrogens is 1. The molecular formula is C21H20FN3O2. The molecule has 2 aliphatic rings. The highest BCUT2D eigenvalue weighted by atomic mass is 19.1. The maximum atomic E-state index is 13.9. The summed E-state index contributed by atoms with van der Waals surface area (Å²) in [5.74, 6) is 1.35. The van der Waals surface area contributed by atoms with Crippen LogP contribution in [0.4, 0.5) is 4.39 Å². The predicted octanol–water partition coefficient (Wildman–Crippen LogP) is 3.47. The van der Waals surface area contributed by atoms with E-state index in [0.29, 0.717) is 13.2 Å². The van der Waals surface area contributed by atoms with Crippen molar-refractivity contribution in [3.8, 4) is 11.5 Å². The number of benzene rings is 2. The summed E-state index contributed by atoms with van der Waals surface area (Å²) >= 11 is 0. The highest BCUT2D eigenvalue weighted by molar-refractivity contribution is 5.44. The van der Waals surface area contributed by atoms with Gasteiger partial charge in [-0.2, -0.15) is 0 Å². The lowest BCUT2D eigenvalue weighted by atomic mass is 9.95. The van der Waals surface area contributed by atoms with Gasteiger partial charge in [-0.1, -0.05) is 18.2 Å². The standard InChI is InChI=1S/C21H20FN3O2/c22-16-3-1-2-15(11-16)21-20-17(23-13-24-20)6-7-25(21)12-14-4-5-18-19(10-14)27-9-8-26-18/h1-5,10-11,13,21H,6-9,12H2,(H,23,24)/t21-/m1/s1. The lowest BCUT2D eigenvalue weighted by Crippen LogP contribution is -2.36. The Balaban J connectivity index is 1.49. The number of imidazole rings is 1. The van der Waals surface area contributed by atoms with Gasteiger partial charge in [0.2, 0.25) is 0 Å². The summed E-state index contributed by atoms with van der Waals surface area (Å²) in [6.45, 7) is 2.75. The molecule has 0 saturated carbocycles. The van der Waals surface area contributed by atoms with Gasteiger partial charge in [-0.3, -0.25) is 4.90 Å². The number of aromatic amines is 1. The number of aromatic nitrogens is 2. The van der Waals surface area contributed by atoms with Gasteiger partial charge in [-0.15, -0.1) is 0 Å². The summed E-state index contributed by atoms with van der Waals surface area (Å²) in [5.41, 5.74) is 4.16. The average Bonchev–Trinajstić information content (AvgIpc) is 3.16. The van der Waals surface area contributed by atoms with Crippen LogP contribution in [0.3, 0.4) is 0 Å². The molecule has 27 heavy (non-hydrogen) atoms. The molecule has 0 amide bonds. The highest BCUT2D eigenvalue weighted by Gasteiger charge is 2.31. The molecule has 3 heterocycles. The number of hydrogen-bond donors (Lipinski definition) is 1. The predicted molar refractivity (Wildman–Crippen MR) is 98.4 cm³/mol. The molecule has 0 spiro atoms. The van der Waals surface area contributed by atoms with Crippen LogP contribution in [0, 0.1) is 5.82 Å². The molecule has 6 heteroatoms. The van der Waals surface area contributed by atoms with Crippen molar-refractivity contribution in [2.45, 2.75) is 19.0 Å². The summed E-state index contributed by atoms with van der Waals surface area (Å²) in [5, 5.41) is 0. The first-order chi connectivity index (χ1) is 13.3. The zero-order chi connectivity index (χ0) is 18.2. The number of fused-ring (bicyclic) bond motifs is 2. The largest absolute Gasteiger partial charge is 0.486 e. The Kier molecular flexibility index (Phi) is 4.05. The van der Waals surface area contributed by atoms with E-state index >= 15 is 0 Å². The maximum absolute atomic E-state index is 13.9. The first-order valence-corrected chi connectivity index (χ1v) is 9.18. The molecule has 0 aliphatic carbocycles. The molecule has 1 N–H and O–H groups in total. The summed E-state index contributed by atoms with van der Waals surface area (Å²) in [6, 6.07) is 12.8. The van der Waals surface area contributed by atoms with E-state index < -0.39 is 0 Å². The van der Waals surface area contributed by atoms with Crippen molar-refractivity contribution < 1.29 is 13.9 Å². The minimum absolute atomic E-state index is 0.0797. The fourth-order valence-electron chi connectivity index (χ4n) is 3.96. The number of nitrogens with zero attached hydrogens (tertiary/aromatic N) is 2. The van der Waals surface area contributed by atoms with Gasteiger partial charge < -0.3 is 14.5 Å². The van der Waals surface area contributed by atoms with Crippen molar-refractivity contribution in [3.63, 3.8) is 0 Å². The fourth-order valence-corrected chi connectivity index (χ4v) is 3.96. The van der Waals surface area contributed by atoms with Crippen molar-refractivity contribution >= 4 is 0 Å². The second-order valence-corrected chi connectivity index (χ2v) is 6.92. The van der Waals surface area contributed by atoms with Crippen LogP contribution in [0.25, 0.3) is 0 Å². The Morgan fingerprint density at radius 3 is 2.89 bits per heavy atom. The van der Waals surface area contributed by atoms with Gasteiger partial charge >= 0.3 is 0 Å². The second kappa shape index (κ2) is 6.70. The van der Waals surface area contributed by atoms with E-state index in [9.17, 15) is 4.39 Å². The number of ether oxygens (including phenoxy) is 2. The SMILES string of the molecule is Fc1cccc([C@@H]2c3nc[nH]c3CCN2Cc2ccc3c(c2)OCCO3)c1. The molecule has 2 aromatic carbocycles. The van der Waals surface area contributed by atoms with E-state index in [1.807, 2.05) is 18.2 Å². The molecule has 0 fully saturated rings. The van der Waals surface area contributed by atoms with Gasteiger partial charge in [0.15, 0.2) is 11.5 Å². The molecular weight excluding hydrogens is 345 g/mol. The molecule has 1 atom stereocenters. The Bertz CT molecular complexity index is 972. The molecule has 138 valence electrons. The Morgan fingerprint density at radius 1 is 1.11 bits per heavy atom. The minimum atomic E-state index is -0.227. The summed E-state index contributed by atoms with van der Waals surface area (Å²) in [6.07, 6.45) is 2.62. The van der Waals surface area contributed by atoms with Crippen molar-refractivity contribution in [2.24, 2.45) is 0 Å². The number of halogens is 1. The first kappa shape index (κ1) is 16.3.